The summed E-state index contributed by atoms with van der Waals surface area (Å²) in [5, 5.41) is 3.35. The van der Waals surface area contributed by atoms with Gasteiger partial charge in [-0.05, 0) is 62.1 Å². The third kappa shape index (κ3) is 3.52. The highest BCUT2D eigenvalue weighted by Gasteiger charge is 2.47. The standard InChI is InChI=1S/C22H26N4O2/c1-15-5-6-16(2)18(12-15)14-25-19-4-3-9-24-20(19)21(27)26(22(25)28)13-17-7-10-23-11-8-17/h5-8,10-12,19-20,24H,3-4,9,13-14H2,1-2H3. The van der Waals surface area contributed by atoms with Crippen molar-refractivity contribution in [2.45, 2.75) is 51.9 Å². The van der Waals surface area contributed by atoms with Crippen molar-refractivity contribution in [2.24, 2.45) is 0 Å². The summed E-state index contributed by atoms with van der Waals surface area (Å²) in [5.41, 5.74) is 4.37. The molecule has 2 unspecified atom stereocenters. The summed E-state index contributed by atoms with van der Waals surface area (Å²) in [7, 11) is 0. The Bertz CT molecular complexity index is 883. The number of hydrogen-bond donors (Lipinski definition) is 1. The molecule has 3 amide bonds. The number of carbonyl (C=O) groups excluding carboxylic acids is 2. The van der Waals surface area contributed by atoms with Gasteiger partial charge in [-0.3, -0.25) is 14.7 Å². The second kappa shape index (κ2) is 7.72. The molecule has 0 bridgehead atoms. The van der Waals surface area contributed by atoms with E-state index in [0.717, 1.165) is 36.1 Å². The summed E-state index contributed by atoms with van der Waals surface area (Å²) in [4.78, 5) is 33.8. The van der Waals surface area contributed by atoms with E-state index in [9.17, 15) is 9.59 Å². The summed E-state index contributed by atoms with van der Waals surface area (Å²) in [6.45, 7) is 5.73. The number of amides is 3. The summed E-state index contributed by atoms with van der Waals surface area (Å²) in [5.74, 6) is -0.122. The van der Waals surface area contributed by atoms with Crippen LogP contribution in [0.25, 0.3) is 0 Å². The van der Waals surface area contributed by atoms with Gasteiger partial charge in [0.25, 0.3) is 0 Å². The van der Waals surface area contributed by atoms with E-state index in [1.165, 1.54) is 10.5 Å². The van der Waals surface area contributed by atoms with E-state index in [2.05, 4.69) is 42.3 Å². The van der Waals surface area contributed by atoms with Crippen molar-refractivity contribution in [3.63, 3.8) is 0 Å². The third-order valence-corrected chi connectivity index (χ3v) is 5.77. The van der Waals surface area contributed by atoms with Crippen LogP contribution >= 0.6 is 0 Å². The minimum absolute atomic E-state index is 0.0950. The molecule has 2 aliphatic rings. The molecule has 1 aromatic heterocycles. The highest BCUT2D eigenvalue weighted by atomic mass is 16.2. The smallest absolute Gasteiger partial charge is 0.315 e. The molecule has 2 aliphatic heterocycles. The summed E-state index contributed by atoms with van der Waals surface area (Å²) in [6, 6.07) is 9.37. The van der Waals surface area contributed by atoms with Crippen LogP contribution in [0.1, 0.15) is 35.1 Å². The molecule has 2 saturated heterocycles. The molecule has 0 spiro atoms. The second-order valence-corrected chi connectivity index (χ2v) is 7.76. The van der Waals surface area contributed by atoms with Crippen LogP contribution in [0.5, 0.6) is 0 Å². The number of hydrogen-bond acceptors (Lipinski definition) is 4. The summed E-state index contributed by atoms with van der Waals surface area (Å²) < 4.78 is 0. The molecule has 2 atom stereocenters. The van der Waals surface area contributed by atoms with Gasteiger partial charge in [-0.15, -0.1) is 0 Å². The minimum atomic E-state index is -0.335. The fourth-order valence-electron chi connectivity index (χ4n) is 4.17. The van der Waals surface area contributed by atoms with Gasteiger partial charge in [0.1, 0.15) is 6.04 Å². The molecule has 6 heteroatoms. The van der Waals surface area contributed by atoms with Crippen LogP contribution in [0.3, 0.4) is 0 Å². The fraction of sp³-hybridized carbons (Fsp3) is 0.409. The number of imide groups is 1. The molecule has 146 valence electrons. The van der Waals surface area contributed by atoms with E-state index in [-0.39, 0.29) is 30.6 Å². The predicted octanol–water partition coefficient (Wildman–Crippen LogP) is 2.78. The zero-order valence-electron chi connectivity index (χ0n) is 16.4. The molecule has 0 aliphatic carbocycles. The van der Waals surface area contributed by atoms with Crippen molar-refractivity contribution >= 4 is 11.9 Å². The zero-order valence-corrected chi connectivity index (χ0v) is 16.4. The number of aryl methyl sites for hydroxylation is 2. The van der Waals surface area contributed by atoms with Crippen molar-refractivity contribution in [3.05, 3.63) is 65.0 Å². The van der Waals surface area contributed by atoms with Gasteiger partial charge in [0.05, 0.1) is 12.6 Å². The van der Waals surface area contributed by atoms with E-state index >= 15 is 0 Å². The largest absolute Gasteiger partial charge is 0.327 e. The van der Waals surface area contributed by atoms with Crippen LogP contribution in [0.4, 0.5) is 4.79 Å². The van der Waals surface area contributed by atoms with Crippen molar-refractivity contribution in [2.75, 3.05) is 6.54 Å². The number of carbonyl (C=O) groups is 2. The Labute approximate surface area is 165 Å². The minimum Gasteiger partial charge on any atom is -0.315 e. The third-order valence-electron chi connectivity index (χ3n) is 5.77. The van der Waals surface area contributed by atoms with Crippen molar-refractivity contribution in [1.82, 2.24) is 20.1 Å². The maximum absolute atomic E-state index is 13.4. The Morgan fingerprint density at radius 1 is 1.11 bits per heavy atom. The fourth-order valence-corrected chi connectivity index (χ4v) is 4.17. The first-order valence-corrected chi connectivity index (χ1v) is 9.85. The molecule has 0 radical (unpaired) electrons. The molecule has 28 heavy (non-hydrogen) atoms. The lowest BCUT2D eigenvalue weighted by Crippen LogP contribution is -2.68. The van der Waals surface area contributed by atoms with E-state index in [1.54, 1.807) is 12.4 Å². The number of nitrogens with zero attached hydrogens (tertiary/aromatic N) is 3. The number of urea groups is 1. The first kappa shape index (κ1) is 18.6. The summed E-state index contributed by atoms with van der Waals surface area (Å²) in [6.07, 6.45) is 5.19. The van der Waals surface area contributed by atoms with E-state index in [0.29, 0.717) is 6.54 Å². The number of fused-ring (bicyclic) bond motifs is 1. The van der Waals surface area contributed by atoms with Crippen molar-refractivity contribution < 1.29 is 9.59 Å². The second-order valence-electron chi connectivity index (χ2n) is 7.76. The lowest BCUT2D eigenvalue weighted by atomic mass is 9.92. The Hall–Kier alpha value is -2.73. The molecule has 0 saturated carbocycles. The van der Waals surface area contributed by atoms with Gasteiger partial charge in [0, 0.05) is 18.9 Å². The molecule has 1 N–H and O–H groups in total. The monoisotopic (exact) mass is 378 g/mol. The molecule has 2 fully saturated rings. The Morgan fingerprint density at radius 2 is 1.89 bits per heavy atom. The number of aromatic nitrogens is 1. The van der Waals surface area contributed by atoms with E-state index in [1.807, 2.05) is 17.0 Å². The van der Waals surface area contributed by atoms with Crippen molar-refractivity contribution in [1.29, 1.82) is 0 Å². The quantitative estimate of drug-likeness (QED) is 0.889. The SMILES string of the molecule is Cc1ccc(C)c(CN2C(=O)N(Cc3ccncc3)C(=O)C3NCCCC32)c1. The Kier molecular flexibility index (Phi) is 5.13. The maximum Gasteiger partial charge on any atom is 0.327 e. The highest BCUT2D eigenvalue weighted by molar-refractivity contribution is 6.00. The summed E-state index contributed by atoms with van der Waals surface area (Å²) >= 11 is 0. The van der Waals surface area contributed by atoms with Crippen LogP contribution in [-0.2, 0) is 17.9 Å². The van der Waals surface area contributed by atoms with Crippen LogP contribution < -0.4 is 5.32 Å². The topological polar surface area (TPSA) is 65.5 Å². The van der Waals surface area contributed by atoms with Crippen LogP contribution in [0.15, 0.2) is 42.7 Å². The molecular formula is C22H26N4O2. The first-order valence-electron chi connectivity index (χ1n) is 9.85. The number of piperidine rings is 1. The van der Waals surface area contributed by atoms with Gasteiger partial charge in [0.15, 0.2) is 0 Å². The van der Waals surface area contributed by atoms with Gasteiger partial charge in [-0.1, -0.05) is 23.8 Å². The zero-order chi connectivity index (χ0) is 19.7. The lowest BCUT2D eigenvalue weighted by Gasteiger charge is -2.47. The molecule has 2 aromatic rings. The van der Waals surface area contributed by atoms with Gasteiger partial charge in [0.2, 0.25) is 5.91 Å². The number of pyridine rings is 1. The average Bonchev–Trinajstić information content (AvgIpc) is 2.71. The van der Waals surface area contributed by atoms with Crippen LogP contribution in [0.2, 0.25) is 0 Å². The molecule has 6 nitrogen and oxygen atoms in total. The van der Waals surface area contributed by atoms with Gasteiger partial charge in [-0.25, -0.2) is 4.79 Å². The van der Waals surface area contributed by atoms with E-state index < -0.39 is 0 Å². The van der Waals surface area contributed by atoms with Crippen LogP contribution in [-0.4, -0.2) is 45.4 Å². The van der Waals surface area contributed by atoms with Gasteiger partial charge in [-0.2, -0.15) is 0 Å². The Morgan fingerprint density at radius 3 is 2.68 bits per heavy atom. The highest BCUT2D eigenvalue weighted by Crippen LogP contribution is 2.28. The number of benzene rings is 1. The van der Waals surface area contributed by atoms with Gasteiger partial charge >= 0.3 is 6.03 Å². The van der Waals surface area contributed by atoms with E-state index in [4.69, 9.17) is 0 Å². The van der Waals surface area contributed by atoms with Crippen molar-refractivity contribution in [3.8, 4) is 0 Å². The molecule has 1 aromatic carbocycles. The first-order chi connectivity index (χ1) is 13.5. The lowest BCUT2D eigenvalue weighted by molar-refractivity contribution is -0.137. The predicted molar refractivity (Wildman–Crippen MR) is 106 cm³/mol. The van der Waals surface area contributed by atoms with Crippen LogP contribution in [0, 0.1) is 13.8 Å². The number of nitrogens with one attached hydrogen (secondary N) is 1. The maximum atomic E-state index is 13.4. The average molecular weight is 378 g/mol. The molecule has 3 heterocycles. The molecule has 4 rings (SSSR count). The Balaban J connectivity index is 1.65. The normalized spacial score (nSPS) is 22.4. The van der Waals surface area contributed by atoms with Gasteiger partial charge < -0.3 is 10.2 Å². The number of rotatable bonds is 4. The molecular weight excluding hydrogens is 352 g/mol.